The summed E-state index contributed by atoms with van der Waals surface area (Å²) in [5.74, 6) is 0.389. The third kappa shape index (κ3) is 3.63. The maximum absolute atomic E-state index is 12.3. The topological polar surface area (TPSA) is 91.1 Å². The molecule has 0 radical (unpaired) electrons. The second kappa shape index (κ2) is 6.45. The molecule has 0 saturated heterocycles. The van der Waals surface area contributed by atoms with Gasteiger partial charge >= 0.3 is 10.1 Å². The Morgan fingerprint density at radius 1 is 1.09 bits per heavy atom. The zero-order valence-corrected chi connectivity index (χ0v) is 13.0. The molecule has 0 aliphatic heterocycles. The average Bonchev–Trinajstić information content (AvgIpc) is 2.47. The van der Waals surface area contributed by atoms with E-state index in [0.29, 0.717) is 0 Å². The van der Waals surface area contributed by atoms with Gasteiger partial charge in [-0.05, 0) is 29.7 Å². The van der Waals surface area contributed by atoms with Crippen molar-refractivity contribution in [3.8, 4) is 5.75 Å². The monoisotopic (exact) mass is 323 g/mol. The number of hydrogen-bond acceptors (Lipinski definition) is 5. The molecule has 1 atom stereocenters. The van der Waals surface area contributed by atoms with Crippen molar-refractivity contribution in [3.05, 3.63) is 59.3 Å². The van der Waals surface area contributed by atoms with Crippen LogP contribution >= 0.6 is 0 Å². The number of benzene rings is 2. The van der Waals surface area contributed by atoms with Crippen LogP contribution < -0.4 is 9.41 Å². The van der Waals surface area contributed by atoms with E-state index in [-0.39, 0.29) is 22.3 Å². The molecule has 0 saturated carbocycles. The Labute approximate surface area is 129 Å². The summed E-state index contributed by atoms with van der Waals surface area (Å²) in [7, 11) is -4.00. The predicted octanol–water partition coefficient (Wildman–Crippen LogP) is 1.98. The van der Waals surface area contributed by atoms with Crippen LogP contribution in [-0.4, -0.2) is 13.6 Å². The molecule has 2 rings (SSSR count). The number of para-hydroxylation sites is 1. The van der Waals surface area contributed by atoms with Crippen molar-refractivity contribution in [1.29, 1.82) is 0 Å². The summed E-state index contributed by atoms with van der Waals surface area (Å²) in [6.45, 7) is 3.88. The van der Waals surface area contributed by atoms with Crippen LogP contribution in [0.1, 0.15) is 25.3 Å². The summed E-state index contributed by atoms with van der Waals surface area (Å²) in [6.07, 6.45) is 0. The smallest absolute Gasteiger partial charge is 0.339 e. The first-order valence-electron chi connectivity index (χ1n) is 6.68. The van der Waals surface area contributed by atoms with Gasteiger partial charge in [-0.3, -0.25) is 0 Å². The molecule has 2 aromatic rings. The van der Waals surface area contributed by atoms with Crippen molar-refractivity contribution in [3.63, 3.8) is 0 Å². The third-order valence-corrected chi connectivity index (χ3v) is 4.38. The molecule has 22 heavy (non-hydrogen) atoms. The Kier molecular flexibility index (Phi) is 4.82. The third-order valence-electron chi connectivity index (χ3n) is 3.13. The summed E-state index contributed by atoms with van der Waals surface area (Å²) in [5.41, 5.74) is 0.801. The van der Waals surface area contributed by atoms with Gasteiger partial charge in [-0.2, -0.15) is 13.6 Å². The van der Waals surface area contributed by atoms with Crippen LogP contribution in [0.3, 0.4) is 0 Å². The maximum atomic E-state index is 12.3. The molecule has 0 bridgehead atoms. The highest BCUT2D eigenvalue weighted by atomic mass is 32.2. The van der Waals surface area contributed by atoms with Gasteiger partial charge in [0.2, 0.25) is 0 Å². The SMILES string of the molecule is CC(C)c1ccccc1OS(=O)(=O)c1ccc([NH+]([O-])O)cc1. The zero-order chi connectivity index (χ0) is 16.3. The standard InChI is InChI=1S/C15H17NO5S/c1-11(2)14-5-3-4-6-15(14)21-22(19,20)13-9-7-12(8-10-13)16(17)18/h3-11,16-17H,1-2H3. The molecule has 0 spiro atoms. The largest absolute Gasteiger partial charge is 0.595 e. The molecule has 0 heterocycles. The van der Waals surface area contributed by atoms with Gasteiger partial charge in [0, 0.05) is 12.1 Å². The summed E-state index contributed by atoms with van der Waals surface area (Å²) in [5, 5.41) is 18.5. The molecule has 7 heteroatoms. The van der Waals surface area contributed by atoms with Crippen LogP contribution in [0.15, 0.2) is 53.4 Å². The van der Waals surface area contributed by atoms with Gasteiger partial charge in [-0.1, -0.05) is 32.0 Å². The van der Waals surface area contributed by atoms with Crippen LogP contribution in [0.5, 0.6) is 5.75 Å². The Hall–Kier alpha value is -1.93. The average molecular weight is 323 g/mol. The minimum atomic E-state index is -4.00. The highest BCUT2D eigenvalue weighted by Crippen LogP contribution is 2.28. The summed E-state index contributed by atoms with van der Waals surface area (Å²) in [4.78, 5) is -0.0870. The molecule has 0 fully saturated rings. The predicted molar refractivity (Wildman–Crippen MR) is 80.6 cm³/mol. The van der Waals surface area contributed by atoms with E-state index in [1.807, 2.05) is 26.0 Å². The lowest BCUT2D eigenvalue weighted by atomic mass is 10.0. The second-order valence-electron chi connectivity index (χ2n) is 5.06. The van der Waals surface area contributed by atoms with Gasteiger partial charge in [0.1, 0.15) is 10.6 Å². The molecule has 0 amide bonds. The summed E-state index contributed by atoms with van der Waals surface area (Å²) < 4.78 is 29.8. The molecular formula is C15H17NO5S. The van der Waals surface area contributed by atoms with E-state index < -0.39 is 15.3 Å². The fraction of sp³-hybridized carbons (Fsp3) is 0.200. The normalized spacial score (nSPS) is 13.1. The lowest BCUT2D eigenvalue weighted by molar-refractivity contribution is -0.991. The maximum Gasteiger partial charge on any atom is 0.339 e. The van der Waals surface area contributed by atoms with Gasteiger partial charge in [-0.25, -0.2) is 5.21 Å². The summed E-state index contributed by atoms with van der Waals surface area (Å²) in [6, 6.07) is 11.8. The van der Waals surface area contributed by atoms with Crippen LogP contribution in [0.4, 0.5) is 5.69 Å². The molecule has 2 aromatic carbocycles. The Morgan fingerprint density at radius 3 is 2.23 bits per heavy atom. The number of hydrogen-bond donors (Lipinski definition) is 2. The minimum absolute atomic E-state index is 0.0153. The Bertz CT molecular complexity index is 739. The van der Waals surface area contributed by atoms with Gasteiger partial charge in [0.05, 0.1) is 0 Å². The van der Waals surface area contributed by atoms with Crippen LogP contribution in [-0.2, 0) is 10.1 Å². The van der Waals surface area contributed by atoms with E-state index in [9.17, 15) is 13.6 Å². The molecule has 6 nitrogen and oxygen atoms in total. The zero-order valence-electron chi connectivity index (χ0n) is 12.2. The van der Waals surface area contributed by atoms with Crippen LogP contribution in [0.2, 0.25) is 0 Å². The lowest BCUT2D eigenvalue weighted by Crippen LogP contribution is -2.99. The van der Waals surface area contributed by atoms with E-state index >= 15 is 0 Å². The van der Waals surface area contributed by atoms with E-state index in [2.05, 4.69) is 0 Å². The molecule has 0 aromatic heterocycles. The minimum Gasteiger partial charge on any atom is -0.595 e. The highest BCUT2D eigenvalue weighted by Gasteiger charge is 2.19. The molecule has 2 N–H and O–H groups in total. The lowest BCUT2D eigenvalue weighted by Gasteiger charge is -2.14. The molecule has 1 unspecified atom stereocenters. The second-order valence-corrected chi connectivity index (χ2v) is 6.61. The van der Waals surface area contributed by atoms with Crippen molar-refractivity contribution in [2.24, 2.45) is 0 Å². The van der Waals surface area contributed by atoms with Gasteiger partial charge < -0.3 is 9.39 Å². The van der Waals surface area contributed by atoms with E-state index in [1.165, 1.54) is 24.3 Å². The van der Waals surface area contributed by atoms with Gasteiger partial charge in [0.25, 0.3) is 0 Å². The van der Waals surface area contributed by atoms with Crippen LogP contribution in [0, 0.1) is 5.21 Å². The van der Waals surface area contributed by atoms with Crippen molar-refractivity contribution >= 4 is 15.8 Å². The molecular weight excluding hydrogens is 306 g/mol. The first kappa shape index (κ1) is 16.4. The molecule has 0 aliphatic rings. The Balaban J connectivity index is 2.32. The van der Waals surface area contributed by atoms with E-state index in [4.69, 9.17) is 9.39 Å². The van der Waals surface area contributed by atoms with Gasteiger partial charge in [0.15, 0.2) is 5.69 Å². The summed E-state index contributed by atoms with van der Waals surface area (Å²) >= 11 is 0. The first-order valence-corrected chi connectivity index (χ1v) is 8.09. The van der Waals surface area contributed by atoms with Crippen molar-refractivity contribution < 1.29 is 23.0 Å². The van der Waals surface area contributed by atoms with Crippen molar-refractivity contribution in [2.45, 2.75) is 24.7 Å². The molecule has 0 aliphatic carbocycles. The first-order chi connectivity index (χ1) is 10.3. The number of quaternary nitrogens is 1. The number of nitrogens with one attached hydrogen (secondary N) is 1. The van der Waals surface area contributed by atoms with Crippen molar-refractivity contribution in [2.75, 3.05) is 0 Å². The van der Waals surface area contributed by atoms with Crippen LogP contribution in [0.25, 0.3) is 0 Å². The van der Waals surface area contributed by atoms with Crippen molar-refractivity contribution in [1.82, 2.24) is 0 Å². The van der Waals surface area contributed by atoms with E-state index in [1.54, 1.807) is 12.1 Å². The van der Waals surface area contributed by atoms with Gasteiger partial charge in [-0.15, -0.1) is 0 Å². The van der Waals surface area contributed by atoms with E-state index in [0.717, 1.165) is 5.56 Å². The Morgan fingerprint density at radius 2 is 1.68 bits per heavy atom. The fourth-order valence-electron chi connectivity index (χ4n) is 1.96. The molecule has 118 valence electrons. The number of rotatable bonds is 5. The fourth-order valence-corrected chi connectivity index (χ4v) is 2.92. The quantitative estimate of drug-likeness (QED) is 0.648. The highest BCUT2D eigenvalue weighted by molar-refractivity contribution is 7.87.